The number of hydrogen-bond acceptors (Lipinski definition) is 5. The first-order valence-electron chi connectivity index (χ1n) is 6.68. The minimum atomic E-state index is -0.986. The number of carbonyl (C=O) groups excluding carboxylic acids is 2. The van der Waals surface area contributed by atoms with Gasteiger partial charge in [0, 0.05) is 12.8 Å². The predicted molar refractivity (Wildman–Crippen MR) is 78.1 cm³/mol. The molecule has 1 amide bonds. The monoisotopic (exact) mass is 323 g/mol. The molecule has 0 aromatic heterocycles. The van der Waals surface area contributed by atoms with Gasteiger partial charge in [0.25, 0.3) is 5.91 Å². The van der Waals surface area contributed by atoms with E-state index in [1.165, 1.54) is 0 Å². The standard InChI is InChI=1S/C12H21NO5S2/c1-3-19(16)7-5-9-12(15)18-10(11(14)13-9)6-8-20(17)4-2/h9-10H,3-8H2,1-2H3,(H,13,14)/t9-,10-,19?,20?/m0/s1. The molecule has 1 aliphatic heterocycles. The molecule has 0 aliphatic carbocycles. The van der Waals surface area contributed by atoms with E-state index in [0.717, 1.165) is 0 Å². The number of ether oxygens (including phenoxy) is 1. The Hall–Kier alpha value is -0.440. The Morgan fingerprint density at radius 3 is 2.20 bits per heavy atom. The van der Waals surface area contributed by atoms with E-state index in [1.54, 1.807) is 13.8 Å². The van der Waals surface area contributed by atoms with E-state index in [2.05, 4.69) is 5.32 Å². The number of esters is 1. The molecule has 20 heavy (non-hydrogen) atoms. The summed E-state index contributed by atoms with van der Waals surface area (Å²) in [5, 5.41) is 2.59. The van der Waals surface area contributed by atoms with Gasteiger partial charge in [0.05, 0.1) is 0 Å². The van der Waals surface area contributed by atoms with E-state index < -0.39 is 40.5 Å². The van der Waals surface area contributed by atoms with E-state index in [0.29, 0.717) is 29.4 Å². The Morgan fingerprint density at radius 2 is 1.65 bits per heavy atom. The Bertz CT molecular complexity index is 310. The molecule has 0 bridgehead atoms. The number of amides is 1. The molecule has 1 rings (SSSR count). The van der Waals surface area contributed by atoms with Crippen LogP contribution in [-0.4, -0.2) is 56.1 Å². The van der Waals surface area contributed by atoms with Gasteiger partial charge in [-0.2, -0.15) is 0 Å². The lowest BCUT2D eigenvalue weighted by Crippen LogP contribution is -2.54. The third-order valence-electron chi connectivity index (χ3n) is 3.04. The average molecular weight is 323 g/mol. The van der Waals surface area contributed by atoms with Crippen LogP contribution in [0.15, 0.2) is 0 Å². The summed E-state index contributed by atoms with van der Waals surface area (Å²) in [5.74, 6) is 0.900. The molecule has 1 aliphatic rings. The minimum absolute atomic E-state index is 0.269. The van der Waals surface area contributed by atoms with Gasteiger partial charge in [0.15, 0.2) is 6.10 Å². The fraction of sp³-hybridized carbons (Fsp3) is 0.833. The maximum Gasteiger partial charge on any atom is 0.329 e. The highest BCUT2D eigenvalue weighted by Gasteiger charge is 2.36. The van der Waals surface area contributed by atoms with Crippen LogP contribution in [0.4, 0.5) is 0 Å². The van der Waals surface area contributed by atoms with Crippen molar-refractivity contribution in [1.82, 2.24) is 5.32 Å². The minimum Gasteiger partial charge on any atom is -0.616 e. The number of nitrogens with one attached hydrogen (secondary N) is 1. The second-order valence-electron chi connectivity index (χ2n) is 4.43. The second-order valence-corrected chi connectivity index (χ2v) is 8.16. The van der Waals surface area contributed by atoms with Gasteiger partial charge in [-0.1, -0.05) is 22.4 Å². The van der Waals surface area contributed by atoms with Crippen LogP contribution < -0.4 is 5.32 Å². The first-order valence-corrected chi connectivity index (χ1v) is 9.66. The Morgan fingerprint density at radius 1 is 1.10 bits per heavy atom. The number of hydrogen-bond donors (Lipinski definition) is 1. The van der Waals surface area contributed by atoms with Gasteiger partial charge in [-0.3, -0.25) is 4.79 Å². The molecule has 8 heteroatoms. The highest BCUT2D eigenvalue weighted by Crippen LogP contribution is 2.12. The number of morpholine rings is 1. The highest BCUT2D eigenvalue weighted by atomic mass is 32.2. The van der Waals surface area contributed by atoms with Crippen LogP contribution in [0, 0.1) is 0 Å². The van der Waals surface area contributed by atoms with Crippen molar-refractivity contribution >= 4 is 34.2 Å². The molecule has 116 valence electrons. The van der Waals surface area contributed by atoms with Crippen LogP contribution in [0.25, 0.3) is 0 Å². The number of rotatable bonds is 8. The SMILES string of the molecule is CC[S+]([O-])CC[C@@H]1NC(=O)[C@H](CC[S+]([O-])CC)OC1=O. The molecule has 2 unspecified atom stereocenters. The average Bonchev–Trinajstić information content (AvgIpc) is 2.45. The van der Waals surface area contributed by atoms with Crippen molar-refractivity contribution in [2.45, 2.75) is 38.8 Å². The maximum atomic E-state index is 11.8. The van der Waals surface area contributed by atoms with Crippen LogP contribution in [-0.2, 0) is 36.7 Å². The molecule has 1 N–H and O–H groups in total. The van der Waals surface area contributed by atoms with Crippen LogP contribution in [0.3, 0.4) is 0 Å². The molecular formula is C12H21NO5S2. The maximum absolute atomic E-state index is 11.8. The summed E-state index contributed by atoms with van der Waals surface area (Å²) in [5.41, 5.74) is 0. The predicted octanol–water partition coefficient (Wildman–Crippen LogP) is -0.286. The summed E-state index contributed by atoms with van der Waals surface area (Å²) in [7, 11) is 0. The van der Waals surface area contributed by atoms with E-state index in [4.69, 9.17) is 4.74 Å². The summed E-state index contributed by atoms with van der Waals surface area (Å²) in [6.07, 6.45) is -0.268. The molecule has 1 fully saturated rings. The molecule has 0 radical (unpaired) electrons. The zero-order valence-electron chi connectivity index (χ0n) is 11.8. The lowest BCUT2D eigenvalue weighted by molar-refractivity contribution is -0.165. The Kier molecular flexibility index (Phi) is 7.71. The van der Waals surface area contributed by atoms with Crippen LogP contribution in [0.5, 0.6) is 0 Å². The number of cyclic esters (lactones) is 1. The molecule has 0 saturated carbocycles. The Balaban J connectivity index is 2.41. The van der Waals surface area contributed by atoms with Crippen molar-refractivity contribution in [2.75, 3.05) is 23.0 Å². The third-order valence-corrected chi connectivity index (χ3v) is 5.71. The van der Waals surface area contributed by atoms with Crippen molar-refractivity contribution < 1.29 is 23.4 Å². The number of carbonyl (C=O) groups is 2. The van der Waals surface area contributed by atoms with Gasteiger partial charge >= 0.3 is 5.97 Å². The van der Waals surface area contributed by atoms with E-state index in [9.17, 15) is 18.7 Å². The molecule has 6 nitrogen and oxygen atoms in total. The van der Waals surface area contributed by atoms with Gasteiger partial charge in [-0.05, 0) is 13.8 Å². The normalized spacial score (nSPS) is 25.8. The van der Waals surface area contributed by atoms with E-state index in [-0.39, 0.29) is 12.3 Å². The molecular weight excluding hydrogens is 302 g/mol. The van der Waals surface area contributed by atoms with Crippen molar-refractivity contribution in [3.05, 3.63) is 0 Å². The quantitative estimate of drug-likeness (QED) is 0.489. The molecule has 0 spiro atoms. The molecule has 0 aromatic carbocycles. The van der Waals surface area contributed by atoms with Crippen LogP contribution >= 0.6 is 0 Å². The molecule has 1 heterocycles. The zero-order chi connectivity index (χ0) is 15.1. The van der Waals surface area contributed by atoms with Gasteiger partial charge in [0.1, 0.15) is 29.1 Å². The highest BCUT2D eigenvalue weighted by molar-refractivity contribution is 7.91. The summed E-state index contributed by atoms with van der Waals surface area (Å²) in [6.45, 7) is 3.60. The molecule has 1 saturated heterocycles. The van der Waals surface area contributed by atoms with E-state index >= 15 is 0 Å². The largest absolute Gasteiger partial charge is 0.616 e. The summed E-state index contributed by atoms with van der Waals surface area (Å²) >= 11 is -1.96. The van der Waals surface area contributed by atoms with Crippen molar-refractivity contribution in [3.63, 3.8) is 0 Å². The topological polar surface area (TPSA) is 102 Å². The lowest BCUT2D eigenvalue weighted by Gasteiger charge is -2.28. The van der Waals surface area contributed by atoms with Crippen molar-refractivity contribution in [2.24, 2.45) is 0 Å². The molecule has 0 aromatic rings. The van der Waals surface area contributed by atoms with Gasteiger partial charge in [0.2, 0.25) is 0 Å². The summed E-state index contributed by atoms with van der Waals surface area (Å²) in [6, 6.07) is -0.717. The first-order chi connectivity index (χ1) is 9.47. The summed E-state index contributed by atoms with van der Waals surface area (Å²) in [4.78, 5) is 23.6. The lowest BCUT2D eigenvalue weighted by atomic mass is 10.1. The fourth-order valence-electron chi connectivity index (χ4n) is 1.76. The van der Waals surface area contributed by atoms with Crippen molar-refractivity contribution in [3.8, 4) is 0 Å². The summed E-state index contributed by atoms with van der Waals surface area (Å²) < 4.78 is 27.7. The van der Waals surface area contributed by atoms with Gasteiger partial charge < -0.3 is 19.2 Å². The zero-order valence-corrected chi connectivity index (χ0v) is 13.4. The van der Waals surface area contributed by atoms with Gasteiger partial charge in [-0.25, -0.2) is 4.79 Å². The second kappa shape index (κ2) is 8.76. The fourth-order valence-corrected chi connectivity index (χ4v) is 3.31. The van der Waals surface area contributed by atoms with Crippen LogP contribution in [0.1, 0.15) is 26.7 Å². The molecule has 4 atom stereocenters. The third kappa shape index (κ3) is 5.51. The van der Waals surface area contributed by atoms with Gasteiger partial charge in [-0.15, -0.1) is 0 Å². The Labute approximate surface area is 125 Å². The smallest absolute Gasteiger partial charge is 0.329 e. The van der Waals surface area contributed by atoms with Crippen molar-refractivity contribution in [1.29, 1.82) is 0 Å². The van der Waals surface area contributed by atoms with Crippen LogP contribution in [0.2, 0.25) is 0 Å². The van der Waals surface area contributed by atoms with E-state index in [1.807, 2.05) is 0 Å². The first kappa shape index (κ1) is 17.6.